The molecule has 0 amide bonds. The molecule has 2 saturated carbocycles. The molecule has 0 radical (unpaired) electrons. The molecule has 2 N–H and O–H groups in total. The maximum absolute atomic E-state index is 12.8. The Morgan fingerprint density at radius 1 is 1.27 bits per heavy atom. The number of allylic oxidation sites excluding steroid dienone is 2. The van der Waals surface area contributed by atoms with Crippen LogP contribution >= 0.6 is 0 Å². The smallest absolute Gasteiger partial charge is 0.303 e. The van der Waals surface area contributed by atoms with E-state index < -0.39 is 16.0 Å². The fourth-order valence-corrected chi connectivity index (χ4v) is 6.07. The summed E-state index contributed by atoms with van der Waals surface area (Å²) >= 11 is 0. The van der Waals surface area contributed by atoms with E-state index in [4.69, 9.17) is 5.11 Å². The Hall–Kier alpha value is -1.66. The fraction of sp³-hybridized carbons (Fsp3) is 0.550. The van der Waals surface area contributed by atoms with E-state index in [9.17, 15) is 13.2 Å². The Balaban J connectivity index is 1.63. The molecule has 26 heavy (non-hydrogen) atoms. The maximum Gasteiger partial charge on any atom is 0.303 e. The summed E-state index contributed by atoms with van der Waals surface area (Å²) in [6.07, 6.45) is 10.6. The summed E-state index contributed by atoms with van der Waals surface area (Å²) < 4.78 is 28.7. The van der Waals surface area contributed by atoms with E-state index in [1.807, 2.05) is 12.1 Å². The first-order valence-electron chi connectivity index (χ1n) is 9.37. The number of rotatable bonds is 9. The second-order valence-electron chi connectivity index (χ2n) is 7.61. The van der Waals surface area contributed by atoms with Gasteiger partial charge in [-0.1, -0.05) is 30.4 Å². The van der Waals surface area contributed by atoms with Crippen LogP contribution in [-0.4, -0.2) is 25.0 Å². The minimum atomic E-state index is -3.51. The largest absolute Gasteiger partial charge is 0.481 e. The number of carboxylic acid groups (broad SMARTS) is 1. The predicted octanol–water partition coefficient (Wildman–Crippen LogP) is 3.72. The first kappa shape index (κ1) is 19.1. The summed E-state index contributed by atoms with van der Waals surface area (Å²) in [6.45, 7) is 0. The van der Waals surface area contributed by atoms with Gasteiger partial charge in [0.15, 0.2) is 0 Å². The minimum absolute atomic E-state index is 0.191. The first-order chi connectivity index (χ1) is 12.4. The van der Waals surface area contributed by atoms with Crippen molar-refractivity contribution in [3.8, 4) is 0 Å². The normalized spacial score (nSPS) is 28.0. The zero-order valence-electron chi connectivity index (χ0n) is 14.9. The van der Waals surface area contributed by atoms with Crippen molar-refractivity contribution in [2.75, 3.05) is 0 Å². The third-order valence-electron chi connectivity index (χ3n) is 5.79. The van der Waals surface area contributed by atoms with Gasteiger partial charge in [-0.3, -0.25) is 4.79 Å². The Morgan fingerprint density at radius 2 is 2.04 bits per heavy atom. The summed E-state index contributed by atoms with van der Waals surface area (Å²) in [5.41, 5.74) is -0.329. The van der Waals surface area contributed by atoms with Crippen molar-refractivity contribution in [1.82, 2.24) is 4.72 Å². The van der Waals surface area contributed by atoms with Gasteiger partial charge in [0, 0.05) is 12.0 Å². The van der Waals surface area contributed by atoms with Crippen molar-refractivity contribution in [3.05, 3.63) is 42.5 Å². The second kappa shape index (κ2) is 7.92. The lowest BCUT2D eigenvalue weighted by Gasteiger charge is -2.35. The number of carbonyl (C=O) groups is 1. The number of hydrogen-bond donors (Lipinski definition) is 2. The summed E-state index contributed by atoms with van der Waals surface area (Å²) in [5, 5.41) is 8.66. The minimum Gasteiger partial charge on any atom is -0.481 e. The van der Waals surface area contributed by atoms with Crippen LogP contribution in [0.25, 0.3) is 0 Å². The van der Waals surface area contributed by atoms with Gasteiger partial charge in [0.1, 0.15) is 0 Å². The van der Waals surface area contributed by atoms with Crippen molar-refractivity contribution < 1.29 is 18.3 Å². The Labute approximate surface area is 155 Å². The third kappa shape index (κ3) is 4.35. The van der Waals surface area contributed by atoms with Gasteiger partial charge in [-0.2, -0.15) is 0 Å². The molecule has 2 aliphatic carbocycles. The van der Waals surface area contributed by atoms with Crippen LogP contribution < -0.4 is 4.72 Å². The van der Waals surface area contributed by atoms with E-state index in [1.165, 1.54) is 0 Å². The molecule has 6 heteroatoms. The second-order valence-corrected chi connectivity index (χ2v) is 9.29. The Morgan fingerprint density at radius 3 is 2.73 bits per heavy atom. The van der Waals surface area contributed by atoms with Gasteiger partial charge in [-0.15, -0.1) is 0 Å². The number of carboxylic acids is 1. The zero-order chi connectivity index (χ0) is 18.6. The highest BCUT2D eigenvalue weighted by Crippen LogP contribution is 2.53. The number of nitrogens with one attached hydrogen (secondary N) is 1. The number of unbranched alkanes of at least 4 members (excludes halogenated alkanes) is 1. The van der Waals surface area contributed by atoms with E-state index in [-0.39, 0.29) is 12.0 Å². The molecular weight excluding hydrogens is 350 g/mol. The van der Waals surface area contributed by atoms with Gasteiger partial charge in [-0.05, 0) is 68.9 Å². The lowest BCUT2D eigenvalue weighted by Crippen LogP contribution is -2.50. The first-order valence-corrected chi connectivity index (χ1v) is 10.9. The monoisotopic (exact) mass is 377 g/mol. The lowest BCUT2D eigenvalue weighted by molar-refractivity contribution is -0.137. The molecule has 0 spiro atoms. The van der Waals surface area contributed by atoms with Gasteiger partial charge in [0.2, 0.25) is 10.0 Å². The standard InChI is InChI=1S/C20H27NO4S/c22-19(23)11-7-2-1-4-8-17-14-16-12-13-20(17,15-16)21-26(24,25)18-9-5-3-6-10-18/h1,3-6,9-10,16-17,21H,2,7-8,11-15H2,(H,22,23)/t16-,17+,20+/m1/s1. The highest BCUT2D eigenvalue weighted by molar-refractivity contribution is 7.89. The molecule has 0 heterocycles. The number of sulfonamides is 1. The van der Waals surface area contributed by atoms with Crippen LogP contribution in [0.15, 0.2) is 47.4 Å². The molecule has 5 nitrogen and oxygen atoms in total. The molecule has 0 aliphatic heterocycles. The molecule has 0 unspecified atom stereocenters. The van der Waals surface area contributed by atoms with E-state index >= 15 is 0 Å². The highest BCUT2D eigenvalue weighted by Gasteiger charge is 2.53. The summed E-state index contributed by atoms with van der Waals surface area (Å²) in [6, 6.07) is 8.58. The van der Waals surface area contributed by atoms with Gasteiger partial charge in [0.05, 0.1) is 4.90 Å². The average Bonchev–Trinajstić information content (AvgIpc) is 3.15. The van der Waals surface area contributed by atoms with Crippen LogP contribution in [0, 0.1) is 11.8 Å². The molecule has 0 aromatic heterocycles. The van der Waals surface area contributed by atoms with Crippen molar-refractivity contribution in [3.63, 3.8) is 0 Å². The summed E-state index contributed by atoms with van der Waals surface area (Å²) in [5.74, 6) is 0.162. The van der Waals surface area contributed by atoms with Crippen molar-refractivity contribution in [2.24, 2.45) is 11.8 Å². The lowest BCUT2D eigenvalue weighted by atomic mass is 9.81. The maximum atomic E-state index is 12.8. The van der Waals surface area contributed by atoms with E-state index in [0.29, 0.717) is 23.2 Å². The molecule has 3 rings (SSSR count). The number of benzene rings is 1. The van der Waals surface area contributed by atoms with Gasteiger partial charge >= 0.3 is 5.97 Å². The molecule has 2 fully saturated rings. The van der Waals surface area contributed by atoms with E-state index in [0.717, 1.165) is 38.5 Å². The zero-order valence-corrected chi connectivity index (χ0v) is 15.7. The van der Waals surface area contributed by atoms with Crippen molar-refractivity contribution >= 4 is 16.0 Å². The van der Waals surface area contributed by atoms with E-state index in [1.54, 1.807) is 24.3 Å². The summed E-state index contributed by atoms with van der Waals surface area (Å²) in [4.78, 5) is 10.9. The fourth-order valence-electron chi connectivity index (χ4n) is 4.55. The van der Waals surface area contributed by atoms with Crippen molar-refractivity contribution in [1.29, 1.82) is 0 Å². The average molecular weight is 378 g/mol. The van der Waals surface area contributed by atoms with Gasteiger partial charge in [-0.25, -0.2) is 13.1 Å². The molecular formula is C20H27NO4S. The Kier molecular flexibility index (Phi) is 5.82. The predicted molar refractivity (Wildman–Crippen MR) is 100 cm³/mol. The third-order valence-corrected chi connectivity index (χ3v) is 7.36. The van der Waals surface area contributed by atoms with Crippen LogP contribution in [0.1, 0.15) is 51.4 Å². The molecule has 0 saturated heterocycles. The van der Waals surface area contributed by atoms with Crippen molar-refractivity contribution in [2.45, 2.75) is 61.8 Å². The number of fused-ring (bicyclic) bond motifs is 2. The molecule has 142 valence electrons. The molecule has 1 aromatic rings. The SMILES string of the molecule is O=C(O)CCCC=CC[C@H]1C[C@H]2CC[C@]1(NS(=O)(=O)c1ccccc1)C2. The van der Waals surface area contributed by atoms with E-state index in [2.05, 4.69) is 10.8 Å². The Bertz CT molecular complexity index is 759. The quantitative estimate of drug-likeness (QED) is 0.507. The highest BCUT2D eigenvalue weighted by atomic mass is 32.2. The summed E-state index contributed by atoms with van der Waals surface area (Å²) in [7, 11) is -3.51. The van der Waals surface area contributed by atoms with Gasteiger partial charge in [0.25, 0.3) is 0 Å². The molecule has 1 aromatic carbocycles. The van der Waals surface area contributed by atoms with Crippen LogP contribution in [0.5, 0.6) is 0 Å². The number of aliphatic carboxylic acids is 1. The van der Waals surface area contributed by atoms with Crippen LogP contribution in [0.2, 0.25) is 0 Å². The van der Waals surface area contributed by atoms with Gasteiger partial charge < -0.3 is 5.11 Å². The molecule has 2 bridgehead atoms. The molecule has 3 atom stereocenters. The number of hydrogen-bond acceptors (Lipinski definition) is 3. The molecule has 2 aliphatic rings. The van der Waals surface area contributed by atoms with Crippen LogP contribution in [0.4, 0.5) is 0 Å². The van der Waals surface area contributed by atoms with Crippen LogP contribution in [0.3, 0.4) is 0 Å². The van der Waals surface area contributed by atoms with Crippen LogP contribution in [-0.2, 0) is 14.8 Å². The topological polar surface area (TPSA) is 83.5 Å².